The second kappa shape index (κ2) is 14.6. The van der Waals surface area contributed by atoms with Crippen LogP contribution in [-0.2, 0) is 43.6 Å². The first kappa shape index (κ1) is 32.3. The Morgan fingerprint density at radius 1 is 1.02 bits per heavy atom. The SMILES string of the molecule is CCC(CC)[C@@H]1C(=O)N[C@H](C2Cc3ccccc3C2)C(=O)N1Cc1ccccc1S(=O)(=O)CCCN(C)C.O=CO. The number of nitrogens with zero attached hydrogens (tertiary/aromatic N) is 2. The van der Waals surface area contributed by atoms with Crippen LogP contribution in [0.15, 0.2) is 53.4 Å². The van der Waals surface area contributed by atoms with Gasteiger partial charge in [0.15, 0.2) is 9.84 Å². The molecule has 41 heavy (non-hydrogen) atoms. The summed E-state index contributed by atoms with van der Waals surface area (Å²) in [5.41, 5.74) is 3.02. The predicted molar refractivity (Wildman–Crippen MR) is 158 cm³/mol. The molecule has 10 heteroatoms. The van der Waals surface area contributed by atoms with E-state index in [1.54, 1.807) is 29.2 Å². The summed E-state index contributed by atoms with van der Waals surface area (Å²) in [6, 6.07) is 13.9. The lowest BCUT2D eigenvalue weighted by atomic mass is 9.86. The maximum absolute atomic E-state index is 14.1. The number of rotatable bonds is 11. The van der Waals surface area contributed by atoms with Gasteiger partial charge in [0.25, 0.3) is 6.47 Å². The molecule has 0 spiro atoms. The van der Waals surface area contributed by atoms with Crippen LogP contribution >= 0.6 is 0 Å². The molecule has 2 aliphatic rings. The van der Waals surface area contributed by atoms with Gasteiger partial charge in [-0.2, -0.15) is 0 Å². The molecule has 1 aliphatic heterocycles. The minimum absolute atomic E-state index is 0.00969. The Morgan fingerprint density at radius 2 is 1.59 bits per heavy atom. The zero-order valence-electron chi connectivity index (χ0n) is 24.5. The van der Waals surface area contributed by atoms with Crippen LogP contribution in [0.2, 0.25) is 0 Å². The number of carbonyl (C=O) groups excluding carboxylic acids is 2. The third-order valence-corrected chi connectivity index (χ3v) is 10.1. The van der Waals surface area contributed by atoms with Crippen LogP contribution in [0.3, 0.4) is 0 Å². The first-order valence-corrected chi connectivity index (χ1v) is 15.9. The lowest BCUT2D eigenvalue weighted by Gasteiger charge is -2.44. The molecule has 2 aromatic rings. The lowest BCUT2D eigenvalue weighted by molar-refractivity contribution is -0.154. The van der Waals surface area contributed by atoms with E-state index >= 15 is 0 Å². The normalized spacial score (nSPS) is 19.1. The van der Waals surface area contributed by atoms with Crippen LogP contribution in [0.4, 0.5) is 0 Å². The highest BCUT2D eigenvalue weighted by Crippen LogP contribution is 2.34. The minimum Gasteiger partial charge on any atom is -0.483 e. The fourth-order valence-corrected chi connectivity index (χ4v) is 7.63. The van der Waals surface area contributed by atoms with E-state index < -0.39 is 21.9 Å². The zero-order valence-corrected chi connectivity index (χ0v) is 25.3. The van der Waals surface area contributed by atoms with E-state index in [2.05, 4.69) is 17.4 Å². The topological polar surface area (TPSA) is 124 Å². The summed E-state index contributed by atoms with van der Waals surface area (Å²) in [6.07, 6.45) is 3.51. The van der Waals surface area contributed by atoms with Crippen LogP contribution in [0.25, 0.3) is 0 Å². The minimum atomic E-state index is -3.55. The molecule has 1 aliphatic carbocycles. The summed E-state index contributed by atoms with van der Waals surface area (Å²) >= 11 is 0. The molecule has 0 radical (unpaired) electrons. The van der Waals surface area contributed by atoms with Gasteiger partial charge in [-0.15, -0.1) is 0 Å². The number of piperazine rings is 1. The standard InChI is InChI=1S/C30H41N3O4S.CH2O2/c1-5-21(6-2)28-29(34)31-27(25-18-22-12-7-8-13-23(22)19-25)30(35)33(28)20-24-14-9-10-15-26(24)38(36,37)17-11-16-32(3)4;2-1-3/h7-10,12-15,21,25,27-28H,5-6,11,16-20H2,1-4H3,(H,31,34);1H,(H,2,3)/t27-,28-;/m1./s1. The maximum Gasteiger partial charge on any atom is 0.290 e. The predicted octanol–water partition coefficient (Wildman–Crippen LogP) is 3.16. The highest BCUT2D eigenvalue weighted by atomic mass is 32.2. The largest absolute Gasteiger partial charge is 0.483 e. The van der Waals surface area contributed by atoms with Crippen LogP contribution < -0.4 is 5.32 Å². The fraction of sp³-hybridized carbons (Fsp3) is 0.516. The van der Waals surface area contributed by atoms with Gasteiger partial charge in [-0.05, 0) is 74.5 Å². The monoisotopic (exact) mass is 585 g/mol. The van der Waals surface area contributed by atoms with E-state index in [0.29, 0.717) is 18.5 Å². The van der Waals surface area contributed by atoms with Gasteiger partial charge in [-0.3, -0.25) is 14.4 Å². The summed E-state index contributed by atoms with van der Waals surface area (Å²) in [5.74, 6) is -0.233. The van der Waals surface area contributed by atoms with Gasteiger partial charge < -0.3 is 20.2 Å². The average Bonchev–Trinajstić information content (AvgIpc) is 3.37. The molecule has 1 fully saturated rings. The molecular weight excluding hydrogens is 542 g/mol. The van der Waals surface area contributed by atoms with Gasteiger partial charge in [0, 0.05) is 6.54 Å². The van der Waals surface area contributed by atoms with Gasteiger partial charge >= 0.3 is 0 Å². The third-order valence-electron chi connectivity index (χ3n) is 8.17. The smallest absolute Gasteiger partial charge is 0.290 e. The van der Waals surface area contributed by atoms with Gasteiger partial charge in [-0.1, -0.05) is 69.2 Å². The molecule has 2 amide bonds. The molecule has 9 nitrogen and oxygen atoms in total. The van der Waals surface area contributed by atoms with Gasteiger partial charge in [-0.25, -0.2) is 8.42 Å². The van der Waals surface area contributed by atoms with Crippen LogP contribution in [-0.4, -0.2) is 80.1 Å². The number of fused-ring (bicyclic) bond motifs is 1. The number of hydrogen-bond acceptors (Lipinski definition) is 6. The molecule has 0 bridgehead atoms. The number of carboxylic acid groups (broad SMARTS) is 1. The van der Waals surface area contributed by atoms with Crippen molar-refractivity contribution in [3.63, 3.8) is 0 Å². The second-order valence-corrected chi connectivity index (χ2v) is 13.2. The van der Waals surface area contributed by atoms with Crippen molar-refractivity contribution in [3.8, 4) is 0 Å². The number of benzene rings is 2. The van der Waals surface area contributed by atoms with Crippen molar-refractivity contribution in [3.05, 3.63) is 65.2 Å². The zero-order chi connectivity index (χ0) is 30.2. The Bertz CT molecular complexity index is 1280. The molecular formula is C31H43N3O6S. The van der Waals surface area contributed by atoms with E-state index in [-0.39, 0.29) is 47.3 Å². The Labute approximate surface area is 243 Å². The van der Waals surface area contributed by atoms with Crippen LogP contribution in [0, 0.1) is 11.8 Å². The molecule has 2 atom stereocenters. The van der Waals surface area contributed by atoms with Crippen molar-refractivity contribution in [1.29, 1.82) is 0 Å². The summed E-state index contributed by atoms with van der Waals surface area (Å²) in [7, 11) is 0.295. The molecule has 1 heterocycles. The summed E-state index contributed by atoms with van der Waals surface area (Å²) in [4.78, 5) is 40.0. The molecule has 0 unspecified atom stereocenters. The Kier molecular flexibility index (Phi) is 11.5. The second-order valence-electron chi connectivity index (χ2n) is 11.1. The van der Waals surface area contributed by atoms with Crippen LogP contribution in [0.5, 0.6) is 0 Å². The Balaban J connectivity index is 0.00000147. The van der Waals surface area contributed by atoms with E-state index in [0.717, 1.165) is 25.7 Å². The first-order valence-electron chi connectivity index (χ1n) is 14.3. The van der Waals surface area contributed by atoms with Crippen molar-refractivity contribution in [2.75, 3.05) is 26.4 Å². The van der Waals surface area contributed by atoms with Gasteiger partial charge in [0.2, 0.25) is 11.8 Å². The van der Waals surface area contributed by atoms with E-state index in [1.807, 2.05) is 45.0 Å². The quantitative estimate of drug-likeness (QED) is 0.388. The van der Waals surface area contributed by atoms with E-state index in [9.17, 15) is 18.0 Å². The number of sulfone groups is 1. The summed E-state index contributed by atoms with van der Waals surface area (Å²) in [5, 5.41) is 9.98. The molecule has 0 saturated carbocycles. The third kappa shape index (κ3) is 7.74. The van der Waals surface area contributed by atoms with E-state index in [1.165, 1.54) is 11.1 Å². The van der Waals surface area contributed by atoms with Gasteiger partial charge in [0.05, 0.1) is 10.6 Å². The molecule has 2 N–H and O–H groups in total. The van der Waals surface area contributed by atoms with E-state index in [4.69, 9.17) is 9.90 Å². The van der Waals surface area contributed by atoms with Crippen LogP contribution in [0.1, 0.15) is 49.8 Å². The van der Waals surface area contributed by atoms with Gasteiger partial charge in [0.1, 0.15) is 12.1 Å². The lowest BCUT2D eigenvalue weighted by Crippen LogP contribution is -2.66. The first-order chi connectivity index (χ1) is 19.6. The molecule has 224 valence electrons. The highest BCUT2D eigenvalue weighted by molar-refractivity contribution is 7.91. The number of amides is 2. The fourth-order valence-electron chi connectivity index (χ4n) is 6.09. The summed E-state index contributed by atoms with van der Waals surface area (Å²) in [6.45, 7) is 4.60. The maximum atomic E-state index is 14.1. The molecule has 4 rings (SSSR count). The van der Waals surface area contributed by atoms with Crippen molar-refractivity contribution < 1.29 is 27.9 Å². The highest BCUT2D eigenvalue weighted by Gasteiger charge is 2.47. The Morgan fingerprint density at radius 3 is 2.15 bits per heavy atom. The Hall–Kier alpha value is -3.24. The van der Waals surface area contributed by atoms with Crippen molar-refractivity contribution in [2.24, 2.45) is 11.8 Å². The number of hydrogen-bond donors (Lipinski definition) is 2. The summed E-state index contributed by atoms with van der Waals surface area (Å²) < 4.78 is 26.7. The number of nitrogens with one attached hydrogen (secondary N) is 1. The van der Waals surface area contributed by atoms with Crippen molar-refractivity contribution >= 4 is 28.1 Å². The molecule has 0 aromatic heterocycles. The number of carbonyl (C=O) groups is 3. The molecule has 2 aromatic carbocycles. The van der Waals surface area contributed by atoms with Crippen molar-refractivity contribution in [2.45, 2.75) is 69.5 Å². The van der Waals surface area contributed by atoms with Crippen molar-refractivity contribution in [1.82, 2.24) is 15.1 Å². The molecule has 1 saturated heterocycles. The average molecular weight is 586 g/mol.